The Hall–Kier alpha value is -0.480. The number of carbonyl (C=O) groups excluding carboxylic acids is 1. The van der Waals surface area contributed by atoms with Crippen LogP contribution < -0.4 is 5.32 Å². The number of thioether (sulfide) groups is 1. The summed E-state index contributed by atoms with van der Waals surface area (Å²) in [6.45, 7) is 2.09. The molecule has 2 N–H and O–H groups in total. The second kappa shape index (κ2) is 7.07. The maximum atomic E-state index is 11.7. The molecule has 1 aliphatic rings. The van der Waals surface area contributed by atoms with Gasteiger partial charge in [0.15, 0.2) is 0 Å². The molecule has 1 rings (SSSR count). The van der Waals surface area contributed by atoms with Gasteiger partial charge in [-0.1, -0.05) is 11.6 Å². The van der Waals surface area contributed by atoms with E-state index in [1.807, 2.05) is 6.26 Å². The minimum absolute atomic E-state index is 0.0273. The van der Waals surface area contributed by atoms with Gasteiger partial charge in [-0.05, 0) is 38.9 Å². The van der Waals surface area contributed by atoms with Crippen LogP contribution in [0.1, 0.15) is 39.0 Å². The molecule has 98 valence electrons. The quantitative estimate of drug-likeness (QED) is 0.717. The van der Waals surface area contributed by atoms with Gasteiger partial charge in [-0.2, -0.15) is 11.8 Å². The SMILES string of the molecule is CSC[C@@](C)(O)CNC(=O)CC1=CCCCC1. The van der Waals surface area contributed by atoms with Gasteiger partial charge in [0.1, 0.15) is 0 Å². The van der Waals surface area contributed by atoms with E-state index in [4.69, 9.17) is 0 Å². The summed E-state index contributed by atoms with van der Waals surface area (Å²) in [5.74, 6) is 0.662. The predicted octanol–water partition coefficient (Wildman–Crippen LogP) is 2.11. The van der Waals surface area contributed by atoms with Crippen LogP contribution in [0.4, 0.5) is 0 Å². The fourth-order valence-corrected chi connectivity index (χ4v) is 2.71. The Kier molecular flexibility index (Phi) is 6.06. The van der Waals surface area contributed by atoms with Crippen LogP contribution in [0.2, 0.25) is 0 Å². The minimum atomic E-state index is -0.810. The van der Waals surface area contributed by atoms with E-state index in [9.17, 15) is 9.90 Å². The van der Waals surface area contributed by atoms with Crippen molar-refractivity contribution in [1.82, 2.24) is 5.32 Å². The largest absolute Gasteiger partial charge is 0.387 e. The Morgan fingerprint density at radius 3 is 2.94 bits per heavy atom. The monoisotopic (exact) mass is 257 g/mol. The molecule has 0 saturated heterocycles. The van der Waals surface area contributed by atoms with E-state index in [0.29, 0.717) is 18.7 Å². The summed E-state index contributed by atoms with van der Waals surface area (Å²) in [6.07, 6.45) is 9.22. The summed E-state index contributed by atoms with van der Waals surface area (Å²) in [6, 6.07) is 0. The zero-order valence-corrected chi connectivity index (χ0v) is 11.6. The van der Waals surface area contributed by atoms with Gasteiger partial charge in [-0.3, -0.25) is 4.79 Å². The Morgan fingerprint density at radius 2 is 2.35 bits per heavy atom. The lowest BCUT2D eigenvalue weighted by molar-refractivity contribution is -0.121. The molecule has 0 aromatic carbocycles. The van der Waals surface area contributed by atoms with E-state index in [1.165, 1.54) is 18.4 Å². The van der Waals surface area contributed by atoms with Gasteiger partial charge in [-0.25, -0.2) is 0 Å². The van der Waals surface area contributed by atoms with Crippen LogP contribution in [0.25, 0.3) is 0 Å². The van der Waals surface area contributed by atoms with Crippen molar-refractivity contribution in [2.45, 2.75) is 44.6 Å². The second-order valence-electron chi connectivity index (χ2n) is 4.99. The van der Waals surface area contributed by atoms with E-state index in [0.717, 1.165) is 12.8 Å². The first-order valence-corrected chi connectivity index (χ1v) is 7.59. The zero-order valence-electron chi connectivity index (χ0n) is 10.8. The van der Waals surface area contributed by atoms with E-state index >= 15 is 0 Å². The van der Waals surface area contributed by atoms with Gasteiger partial charge in [0.25, 0.3) is 0 Å². The molecule has 0 bridgehead atoms. The van der Waals surface area contributed by atoms with Gasteiger partial charge in [-0.15, -0.1) is 0 Å². The van der Waals surface area contributed by atoms with Crippen molar-refractivity contribution in [1.29, 1.82) is 0 Å². The lowest BCUT2D eigenvalue weighted by Crippen LogP contribution is -2.42. The summed E-state index contributed by atoms with van der Waals surface area (Å²) in [5.41, 5.74) is 0.439. The van der Waals surface area contributed by atoms with Crippen LogP contribution in [0.15, 0.2) is 11.6 Å². The number of allylic oxidation sites excluding steroid dienone is 1. The van der Waals surface area contributed by atoms with Crippen molar-refractivity contribution in [2.75, 3.05) is 18.6 Å². The van der Waals surface area contributed by atoms with Crippen LogP contribution in [0.3, 0.4) is 0 Å². The Balaban J connectivity index is 2.27. The number of carbonyl (C=O) groups is 1. The molecule has 0 heterocycles. The lowest BCUT2D eigenvalue weighted by atomic mass is 9.97. The van der Waals surface area contributed by atoms with Crippen molar-refractivity contribution in [3.05, 3.63) is 11.6 Å². The Morgan fingerprint density at radius 1 is 1.59 bits per heavy atom. The van der Waals surface area contributed by atoms with Crippen molar-refractivity contribution in [2.24, 2.45) is 0 Å². The molecule has 1 amide bonds. The van der Waals surface area contributed by atoms with Crippen LogP contribution >= 0.6 is 11.8 Å². The number of amides is 1. The first kappa shape index (κ1) is 14.6. The highest BCUT2D eigenvalue weighted by atomic mass is 32.2. The summed E-state index contributed by atoms with van der Waals surface area (Å²) < 4.78 is 0. The highest BCUT2D eigenvalue weighted by Crippen LogP contribution is 2.19. The summed E-state index contributed by atoms with van der Waals surface area (Å²) in [7, 11) is 0. The molecule has 0 radical (unpaired) electrons. The maximum absolute atomic E-state index is 11.7. The third-order valence-corrected chi connectivity index (χ3v) is 3.80. The highest BCUT2D eigenvalue weighted by Gasteiger charge is 2.20. The molecule has 0 spiro atoms. The Bertz CT molecular complexity index is 287. The van der Waals surface area contributed by atoms with Gasteiger partial charge in [0, 0.05) is 18.7 Å². The fraction of sp³-hybridized carbons (Fsp3) is 0.769. The van der Waals surface area contributed by atoms with Crippen molar-refractivity contribution in [3.8, 4) is 0 Å². The molecule has 0 saturated carbocycles. The molecule has 3 nitrogen and oxygen atoms in total. The number of hydrogen-bond acceptors (Lipinski definition) is 3. The third-order valence-electron chi connectivity index (χ3n) is 2.89. The van der Waals surface area contributed by atoms with E-state index in [2.05, 4.69) is 11.4 Å². The Labute approximate surface area is 108 Å². The lowest BCUT2D eigenvalue weighted by Gasteiger charge is -2.22. The summed E-state index contributed by atoms with van der Waals surface area (Å²) in [5, 5.41) is 12.7. The number of hydrogen-bond donors (Lipinski definition) is 2. The minimum Gasteiger partial charge on any atom is -0.387 e. The van der Waals surface area contributed by atoms with E-state index < -0.39 is 5.60 Å². The average Bonchev–Trinajstić information content (AvgIpc) is 2.28. The van der Waals surface area contributed by atoms with Gasteiger partial charge in [0.2, 0.25) is 5.91 Å². The topological polar surface area (TPSA) is 49.3 Å². The summed E-state index contributed by atoms with van der Waals surface area (Å²) in [4.78, 5) is 11.7. The molecule has 0 fully saturated rings. The molecule has 4 heteroatoms. The molecule has 0 aromatic heterocycles. The van der Waals surface area contributed by atoms with E-state index in [-0.39, 0.29) is 5.91 Å². The van der Waals surface area contributed by atoms with Crippen molar-refractivity contribution < 1.29 is 9.90 Å². The molecule has 0 unspecified atom stereocenters. The van der Waals surface area contributed by atoms with Crippen LogP contribution in [-0.2, 0) is 4.79 Å². The van der Waals surface area contributed by atoms with Crippen LogP contribution in [-0.4, -0.2) is 35.2 Å². The molecular formula is C13H23NO2S. The maximum Gasteiger partial charge on any atom is 0.224 e. The first-order valence-electron chi connectivity index (χ1n) is 6.19. The van der Waals surface area contributed by atoms with Gasteiger partial charge >= 0.3 is 0 Å². The predicted molar refractivity (Wildman–Crippen MR) is 73.2 cm³/mol. The highest BCUT2D eigenvalue weighted by molar-refractivity contribution is 7.98. The standard InChI is InChI=1S/C13H23NO2S/c1-13(16,10-17-2)9-14-12(15)8-11-6-4-3-5-7-11/h6,16H,3-5,7-10H2,1-2H3,(H,14,15)/t13-/m0/s1. The van der Waals surface area contributed by atoms with Crippen LogP contribution in [0.5, 0.6) is 0 Å². The van der Waals surface area contributed by atoms with Gasteiger partial charge < -0.3 is 10.4 Å². The third kappa shape index (κ3) is 6.13. The smallest absolute Gasteiger partial charge is 0.224 e. The molecule has 0 aliphatic heterocycles. The average molecular weight is 257 g/mol. The number of nitrogens with one attached hydrogen (secondary N) is 1. The number of rotatable bonds is 6. The summed E-state index contributed by atoms with van der Waals surface area (Å²) >= 11 is 1.58. The molecule has 1 atom stereocenters. The number of aliphatic hydroxyl groups is 1. The second-order valence-corrected chi connectivity index (χ2v) is 5.86. The van der Waals surface area contributed by atoms with Gasteiger partial charge in [0.05, 0.1) is 5.60 Å². The molecule has 0 aromatic rings. The fourth-order valence-electron chi connectivity index (χ4n) is 1.98. The van der Waals surface area contributed by atoms with Crippen LogP contribution in [0, 0.1) is 0 Å². The first-order chi connectivity index (χ1) is 8.03. The van der Waals surface area contributed by atoms with Crippen molar-refractivity contribution in [3.63, 3.8) is 0 Å². The zero-order chi connectivity index (χ0) is 12.7. The molecule has 1 aliphatic carbocycles. The van der Waals surface area contributed by atoms with Crippen molar-refractivity contribution >= 4 is 17.7 Å². The normalized spacial score (nSPS) is 19.4. The molecule has 17 heavy (non-hydrogen) atoms. The van der Waals surface area contributed by atoms with E-state index in [1.54, 1.807) is 18.7 Å². The molecular weight excluding hydrogens is 234 g/mol.